The highest BCUT2D eigenvalue weighted by molar-refractivity contribution is 5.72. The van der Waals surface area contributed by atoms with Crippen molar-refractivity contribution < 1.29 is 75.1 Å². The van der Waals surface area contributed by atoms with Gasteiger partial charge in [-0.25, -0.2) is 0 Å². The SMILES string of the molecule is Oc1ccc([C@H]2Oc3c4c(cc(O)c3[C@H](c3c(O)cc(O)c5c3O[C@H](c3ccc(O)cc3)[C@@H](O)C5)[C@H]2O)O[C@@]2(c3ccc(O)cc3)Oc3cc(O)cc(O)c3[C@@H]4C2O)cc1. The molecular weight excluding hydrogens is 780 g/mol. The molecule has 10 rings (SSSR count). The number of benzene rings is 6. The van der Waals surface area contributed by atoms with Gasteiger partial charge >= 0.3 is 5.79 Å². The van der Waals surface area contributed by atoms with Gasteiger partial charge in [0.05, 0.1) is 17.9 Å². The average Bonchev–Trinajstić information content (AvgIpc) is 3.20. The number of phenols is 8. The summed E-state index contributed by atoms with van der Waals surface area (Å²) in [6.45, 7) is 0. The summed E-state index contributed by atoms with van der Waals surface area (Å²) in [7, 11) is 0. The summed E-state index contributed by atoms with van der Waals surface area (Å²) in [5, 5.41) is 124. The van der Waals surface area contributed by atoms with Crippen molar-refractivity contribution in [1.82, 2.24) is 0 Å². The van der Waals surface area contributed by atoms with Crippen molar-refractivity contribution in [1.29, 1.82) is 0 Å². The van der Waals surface area contributed by atoms with Crippen LogP contribution < -0.4 is 18.9 Å². The van der Waals surface area contributed by atoms with Gasteiger partial charge in [0.15, 0.2) is 6.10 Å². The van der Waals surface area contributed by atoms with Crippen LogP contribution in [0.4, 0.5) is 0 Å². The number of aliphatic hydroxyl groups excluding tert-OH is 3. The van der Waals surface area contributed by atoms with Crippen molar-refractivity contribution >= 4 is 0 Å². The van der Waals surface area contributed by atoms with Crippen LogP contribution >= 0.6 is 0 Å². The number of phenolic OH excluding ortho intramolecular Hbond substituents is 8. The van der Waals surface area contributed by atoms with E-state index in [1.807, 2.05) is 0 Å². The quantitative estimate of drug-likeness (QED) is 0.110. The van der Waals surface area contributed by atoms with E-state index >= 15 is 0 Å². The molecule has 0 radical (unpaired) electrons. The third-order valence-corrected chi connectivity index (χ3v) is 11.9. The van der Waals surface area contributed by atoms with E-state index in [-0.39, 0.29) is 85.8 Å². The van der Waals surface area contributed by atoms with Gasteiger partial charge in [-0.1, -0.05) is 24.3 Å². The Morgan fingerprint density at radius 1 is 0.467 bits per heavy atom. The zero-order valence-electron chi connectivity index (χ0n) is 31.0. The predicted molar refractivity (Wildman–Crippen MR) is 207 cm³/mol. The van der Waals surface area contributed by atoms with E-state index in [0.717, 1.165) is 12.1 Å². The maximum absolute atomic E-state index is 12.5. The summed E-state index contributed by atoms with van der Waals surface area (Å²) >= 11 is 0. The Balaban J connectivity index is 1.24. The molecule has 11 N–H and O–H groups in total. The molecule has 15 nitrogen and oxygen atoms in total. The summed E-state index contributed by atoms with van der Waals surface area (Å²) < 4.78 is 26.0. The fourth-order valence-electron chi connectivity index (χ4n) is 9.17. The highest BCUT2D eigenvalue weighted by Gasteiger charge is 2.61. The Kier molecular flexibility index (Phi) is 8.13. The van der Waals surface area contributed by atoms with Crippen LogP contribution in [-0.4, -0.2) is 74.5 Å². The van der Waals surface area contributed by atoms with Gasteiger partial charge in [0.1, 0.15) is 87.3 Å². The van der Waals surface area contributed by atoms with Crippen molar-refractivity contribution in [3.8, 4) is 69.0 Å². The minimum atomic E-state index is -2.09. The molecule has 306 valence electrons. The molecule has 4 heterocycles. The van der Waals surface area contributed by atoms with Gasteiger partial charge in [-0.3, -0.25) is 0 Å². The van der Waals surface area contributed by atoms with Crippen LogP contribution in [-0.2, 0) is 12.2 Å². The van der Waals surface area contributed by atoms with Gasteiger partial charge in [0, 0.05) is 64.1 Å². The maximum atomic E-state index is 12.5. The van der Waals surface area contributed by atoms with E-state index in [0.29, 0.717) is 11.1 Å². The van der Waals surface area contributed by atoms with Gasteiger partial charge in [-0.05, 0) is 59.7 Å². The van der Waals surface area contributed by atoms with Crippen molar-refractivity contribution in [3.05, 3.63) is 142 Å². The van der Waals surface area contributed by atoms with Crippen LogP contribution in [0.1, 0.15) is 68.6 Å². The van der Waals surface area contributed by atoms with Crippen LogP contribution in [0.25, 0.3) is 0 Å². The second-order valence-electron chi connectivity index (χ2n) is 15.4. The maximum Gasteiger partial charge on any atom is 0.305 e. The molecule has 6 aromatic carbocycles. The van der Waals surface area contributed by atoms with E-state index in [9.17, 15) is 56.2 Å². The van der Waals surface area contributed by atoms with Crippen LogP contribution in [0.2, 0.25) is 0 Å². The Morgan fingerprint density at radius 2 is 0.983 bits per heavy atom. The number of fused-ring (bicyclic) bond motifs is 9. The second kappa shape index (κ2) is 13.2. The van der Waals surface area contributed by atoms with Gasteiger partial charge in [0.25, 0.3) is 0 Å². The first-order chi connectivity index (χ1) is 28.7. The summed E-state index contributed by atoms with van der Waals surface area (Å²) in [5.74, 6) is -7.82. The lowest BCUT2D eigenvalue weighted by atomic mass is 9.71. The number of aromatic hydroxyl groups is 8. The molecule has 15 heteroatoms. The normalized spacial score (nSPS) is 25.8. The molecule has 6 aromatic rings. The first-order valence-electron chi connectivity index (χ1n) is 18.9. The summed E-state index contributed by atoms with van der Waals surface area (Å²) in [4.78, 5) is 0. The lowest BCUT2D eigenvalue weighted by molar-refractivity contribution is -0.219. The molecule has 0 aliphatic carbocycles. The van der Waals surface area contributed by atoms with E-state index in [1.165, 1.54) is 72.8 Å². The first-order valence-corrected chi connectivity index (χ1v) is 18.9. The summed E-state index contributed by atoms with van der Waals surface area (Å²) in [5.41, 5.74) is 0.936. The fourth-order valence-corrected chi connectivity index (χ4v) is 9.17. The van der Waals surface area contributed by atoms with Crippen LogP contribution in [0.3, 0.4) is 0 Å². The molecule has 1 unspecified atom stereocenters. The number of aliphatic hydroxyl groups is 3. The number of hydrogen-bond acceptors (Lipinski definition) is 15. The molecule has 4 aliphatic heterocycles. The molecule has 8 atom stereocenters. The Labute approximate surface area is 339 Å². The van der Waals surface area contributed by atoms with Gasteiger partial charge in [-0.2, -0.15) is 0 Å². The topological polar surface area (TPSA) is 259 Å². The average molecular weight is 817 g/mol. The molecule has 2 bridgehead atoms. The second-order valence-corrected chi connectivity index (χ2v) is 15.4. The lowest BCUT2D eigenvalue weighted by Gasteiger charge is -2.51. The van der Waals surface area contributed by atoms with E-state index in [2.05, 4.69) is 0 Å². The van der Waals surface area contributed by atoms with Gasteiger partial charge in [-0.15, -0.1) is 0 Å². The van der Waals surface area contributed by atoms with Crippen molar-refractivity contribution in [2.75, 3.05) is 0 Å². The molecule has 0 aromatic heterocycles. The number of ether oxygens (including phenoxy) is 4. The number of rotatable bonds is 4. The summed E-state index contributed by atoms with van der Waals surface area (Å²) in [6, 6.07) is 21.8. The van der Waals surface area contributed by atoms with Crippen LogP contribution in [0, 0.1) is 0 Å². The standard InChI is InChI=1S/C45H36O15/c46-21-7-1-18(2-8-21)40-30(54)15-25-26(50)16-28(52)34(42(25)57-40)37-35-29(53)17-32-36(43(35)58-41(39(37)55)19-3-9-22(47)10-4-19)38-33-27(51)13-24(49)14-31(33)59-45(60-32,44(38)56)20-5-11-23(48)12-6-20/h1-14,16-17,30,37-41,44,46-56H,15H2/t30-,37-,38-,39+,40+,41+,44?,45+/m0/s1. The molecule has 60 heavy (non-hydrogen) atoms. The van der Waals surface area contributed by atoms with E-state index in [4.69, 9.17) is 18.9 Å². The van der Waals surface area contributed by atoms with E-state index < -0.39 is 71.1 Å². The fraction of sp³-hybridized carbons (Fsp3) is 0.200. The monoisotopic (exact) mass is 816 g/mol. The van der Waals surface area contributed by atoms with Crippen LogP contribution in [0.5, 0.6) is 69.0 Å². The zero-order valence-corrected chi connectivity index (χ0v) is 31.0. The Bertz CT molecular complexity index is 2700. The summed E-state index contributed by atoms with van der Waals surface area (Å²) in [6.07, 6.45) is -7.17. The lowest BCUT2D eigenvalue weighted by Crippen LogP contribution is -2.57. The van der Waals surface area contributed by atoms with Crippen molar-refractivity contribution in [2.24, 2.45) is 0 Å². The molecule has 0 saturated carbocycles. The van der Waals surface area contributed by atoms with Crippen molar-refractivity contribution in [3.63, 3.8) is 0 Å². The molecule has 4 aliphatic rings. The highest BCUT2D eigenvalue weighted by atomic mass is 16.7. The number of hydrogen-bond donors (Lipinski definition) is 11. The van der Waals surface area contributed by atoms with Gasteiger partial charge in [0.2, 0.25) is 0 Å². The highest BCUT2D eigenvalue weighted by Crippen LogP contribution is 2.65. The first kappa shape index (κ1) is 37.1. The molecule has 0 spiro atoms. The third kappa shape index (κ3) is 5.40. The Morgan fingerprint density at radius 3 is 1.62 bits per heavy atom. The minimum Gasteiger partial charge on any atom is -0.508 e. The van der Waals surface area contributed by atoms with Gasteiger partial charge < -0.3 is 75.1 Å². The molecule has 0 fully saturated rings. The largest absolute Gasteiger partial charge is 0.508 e. The smallest absolute Gasteiger partial charge is 0.305 e. The third-order valence-electron chi connectivity index (χ3n) is 11.9. The Hall–Kier alpha value is -7.20. The predicted octanol–water partition coefficient (Wildman–Crippen LogP) is 5.13. The molecule has 0 amide bonds. The molecular formula is C45H36O15. The zero-order chi connectivity index (χ0) is 41.9. The van der Waals surface area contributed by atoms with Crippen LogP contribution in [0.15, 0.2) is 97.1 Å². The van der Waals surface area contributed by atoms with Crippen molar-refractivity contribution in [2.45, 2.75) is 54.6 Å². The van der Waals surface area contributed by atoms with E-state index in [1.54, 1.807) is 12.1 Å². The molecule has 0 saturated heterocycles. The minimum absolute atomic E-state index is 0.0125.